The van der Waals surface area contributed by atoms with Crippen LogP contribution in [0.15, 0.2) is 109 Å². The van der Waals surface area contributed by atoms with Crippen molar-refractivity contribution in [3.63, 3.8) is 0 Å². The van der Waals surface area contributed by atoms with Crippen molar-refractivity contribution in [3.8, 4) is 22.3 Å². The molecule has 0 unspecified atom stereocenters. The molecular formula is C44H52HfSi-2. The predicted octanol–water partition coefficient (Wildman–Crippen LogP) is 13.0. The Morgan fingerprint density at radius 3 is 1.15 bits per heavy atom. The molecule has 0 atom stereocenters. The number of hydrogen-bond acceptors (Lipinski definition) is 0. The second-order valence-electron chi connectivity index (χ2n) is 14.1. The largest absolute Gasteiger partial charge is 0.164 e. The van der Waals surface area contributed by atoms with Crippen molar-refractivity contribution in [2.45, 2.75) is 92.2 Å². The van der Waals surface area contributed by atoms with Gasteiger partial charge in [0.2, 0.25) is 0 Å². The van der Waals surface area contributed by atoms with Gasteiger partial charge in [0.1, 0.15) is 0 Å². The second-order valence-corrected chi connectivity index (χ2v) is 15.1. The van der Waals surface area contributed by atoms with Gasteiger partial charge in [-0.05, 0) is 45.9 Å². The molecule has 0 aliphatic rings. The third-order valence-corrected chi connectivity index (χ3v) is 8.61. The molecule has 6 aromatic rings. The van der Waals surface area contributed by atoms with Crippen LogP contribution in [0.2, 0.25) is 13.1 Å². The van der Waals surface area contributed by atoms with E-state index in [1.807, 2.05) is 0 Å². The van der Waals surface area contributed by atoms with Gasteiger partial charge in [-0.3, -0.25) is 0 Å². The molecule has 0 saturated carbocycles. The van der Waals surface area contributed by atoms with Gasteiger partial charge in [-0.25, -0.2) is 0 Å². The number of fused-ring (bicyclic) bond motifs is 2. The molecule has 0 aromatic heterocycles. The van der Waals surface area contributed by atoms with Gasteiger partial charge in [-0.1, -0.05) is 140 Å². The van der Waals surface area contributed by atoms with Gasteiger partial charge >= 0.3 is 0 Å². The van der Waals surface area contributed by atoms with Crippen LogP contribution in [0.5, 0.6) is 0 Å². The Labute approximate surface area is 301 Å². The summed E-state index contributed by atoms with van der Waals surface area (Å²) in [4.78, 5) is 0. The predicted molar refractivity (Wildman–Crippen MR) is 204 cm³/mol. The average molecular weight is 787 g/mol. The first-order chi connectivity index (χ1) is 21.4. The molecule has 0 saturated heterocycles. The molecule has 0 N–H and O–H groups in total. The van der Waals surface area contributed by atoms with Crippen molar-refractivity contribution in [1.29, 1.82) is 0 Å². The van der Waals surface area contributed by atoms with Gasteiger partial charge < -0.3 is 0 Å². The van der Waals surface area contributed by atoms with Crippen molar-refractivity contribution in [3.05, 3.63) is 131 Å². The van der Waals surface area contributed by atoms with Crippen LogP contribution in [0.4, 0.5) is 0 Å². The fourth-order valence-corrected chi connectivity index (χ4v) is 5.99. The van der Waals surface area contributed by atoms with E-state index in [1.165, 1.54) is 66.1 Å². The fraction of sp³-hybridized carbons (Fsp3) is 0.318. The van der Waals surface area contributed by atoms with Gasteiger partial charge in [0.05, 0.1) is 0 Å². The Kier molecular flexibility index (Phi) is 13.4. The minimum atomic E-state index is 0. The van der Waals surface area contributed by atoms with Gasteiger partial charge in [0, 0.05) is 35.4 Å². The van der Waals surface area contributed by atoms with E-state index < -0.39 is 0 Å². The van der Waals surface area contributed by atoms with E-state index in [4.69, 9.17) is 0 Å². The van der Waals surface area contributed by atoms with E-state index in [-0.39, 0.29) is 36.7 Å². The van der Waals surface area contributed by atoms with Crippen LogP contribution in [0.25, 0.3) is 43.8 Å². The first-order valence-corrected chi connectivity index (χ1v) is 18.6. The Hall–Kier alpha value is -2.81. The molecule has 2 radical (unpaired) electrons. The molecule has 238 valence electrons. The Balaban J connectivity index is 0.000000226. The smallest absolute Gasteiger partial charge is 0.0307 e. The Morgan fingerprint density at radius 2 is 0.826 bits per heavy atom. The monoisotopic (exact) mass is 788 g/mol. The van der Waals surface area contributed by atoms with Crippen LogP contribution in [-0.4, -0.2) is 9.52 Å². The van der Waals surface area contributed by atoms with Crippen LogP contribution in [0.1, 0.15) is 77.6 Å². The average Bonchev–Trinajstić information content (AvgIpc) is 3.67. The topological polar surface area (TPSA) is 0 Å². The quantitative estimate of drug-likeness (QED) is 0.123. The van der Waals surface area contributed by atoms with Crippen LogP contribution in [-0.2, 0) is 49.5 Å². The SMILES string of the molecule is CCc1ccccc1-c1cccc2[cH-]c(C(C)(C)C)cc12.CCc1ccccc1-c1cccc2[cH-]c(C(C)(C)C)cc12.C[Si]C.[Hf]. The van der Waals surface area contributed by atoms with E-state index in [2.05, 4.69) is 178 Å². The summed E-state index contributed by atoms with van der Waals surface area (Å²) in [6.07, 6.45) is 2.14. The summed E-state index contributed by atoms with van der Waals surface area (Å²) < 4.78 is 0. The number of hydrogen-bond donors (Lipinski definition) is 0. The van der Waals surface area contributed by atoms with Gasteiger partial charge in [0.25, 0.3) is 0 Å². The molecule has 0 bridgehead atoms. The zero-order valence-electron chi connectivity index (χ0n) is 29.8. The standard InChI is InChI=1S/2C21H23.C2H6Si.Hf/c2*1-5-15-9-6-7-11-18(15)19-12-8-10-16-13-17(14-20(16)19)21(2,3)4;1-3-2;/h2*6-14H,5H2,1-4H3;1-2H3;/q2*-1;;. The maximum atomic E-state index is 2.37. The molecule has 0 amide bonds. The van der Waals surface area contributed by atoms with Crippen LogP contribution in [0, 0.1) is 0 Å². The zero-order valence-corrected chi connectivity index (χ0v) is 34.4. The summed E-state index contributed by atoms with van der Waals surface area (Å²) in [5.74, 6) is 0. The van der Waals surface area contributed by atoms with E-state index in [0.29, 0.717) is 0 Å². The first-order valence-electron chi connectivity index (χ1n) is 16.6. The number of benzene rings is 4. The number of aryl methyl sites for hydroxylation is 2. The van der Waals surface area contributed by atoms with Crippen molar-refractivity contribution in [1.82, 2.24) is 0 Å². The maximum Gasteiger partial charge on any atom is 0.0307 e. The first kappa shape index (κ1) is 37.6. The molecule has 0 aliphatic carbocycles. The molecule has 0 aliphatic heterocycles. The summed E-state index contributed by atoms with van der Waals surface area (Å²) >= 11 is 0. The summed E-state index contributed by atoms with van der Waals surface area (Å²) in [6.45, 7) is 22.4. The van der Waals surface area contributed by atoms with E-state index in [0.717, 1.165) is 22.4 Å². The maximum absolute atomic E-state index is 2.37. The molecule has 46 heavy (non-hydrogen) atoms. The summed E-state index contributed by atoms with van der Waals surface area (Å²) in [5, 5.41) is 5.46. The minimum Gasteiger partial charge on any atom is -0.164 e. The van der Waals surface area contributed by atoms with Crippen molar-refractivity contribution in [2.24, 2.45) is 0 Å². The van der Waals surface area contributed by atoms with Crippen LogP contribution < -0.4 is 0 Å². The number of rotatable bonds is 4. The molecule has 2 heteroatoms. The fourth-order valence-electron chi connectivity index (χ4n) is 5.99. The Morgan fingerprint density at radius 1 is 0.500 bits per heavy atom. The van der Waals surface area contributed by atoms with E-state index >= 15 is 0 Å². The molecule has 0 fully saturated rings. The van der Waals surface area contributed by atoms with Gasteiger partial charge in [-0.15, -0.1) is 69.1 Å². The van der Waals surface area contributed by atoms with Crippen LogP contribution in [0.3, 0.4) is 0 Å². The van der Waals surface area contributed by atoms with Gasteiger partial charge in [0.15, 0.2) is 0 Å². The normalized spacial score (nSPS) is 11.3. The molecule has 6 rings (SSSR count). The van der Waals surface area contributed by atoms with Crippen molar-refractivity contribution >= 4 is 31.1 Å². The van der Waals surface area contributed by atoms with E-state index in [9.17, 15) is 0 Å². The van der Waals surface area contributed by atoms with Gasteiger partial charge in [-0.2, -0.15) is 12.1 Å². The van der Waals surface area contributed by atoms with E-state index in [1.54, 1.807) is 0 Å². The third-order valence-electron chi connectivity index (χ3n) is 8.61. The Bertz CT molecular complexity index is 1700. The van der Waals surface area contributed by atoms with Crippen molar-refractivity contribution in [2.75, 3.05) is 0 Å². The molecular weight excluding hydrogens is 735 g/mol. The van der Waals surface area contributed by atoms with Crippen molar-refractivity contribution < 1.29 is 25.8 Å². The minimum absolute atomic E-state index is 0. The molecule has 0 nitrogen and oxygen atoms in total. The van der Waals surface area contributed by atoms with Crippen LogP contribution >= 0.6 is 0 Å². The summed E-state index contributed by atoms with van der Waals surface area (Å²) in [7, 11) is 1.08. The zero-order chi connectivity index (χ0) is 32.8. The third kappa shape index (κ3) is 8.75. The summed E-state index contributed by atoms with van der Waals surface area (Å²) in [5.41, 5.74) is 11.5. The molecule has 0 heterocycles. The second kappa shape index (κ2) is 16.3. The summed E-state index contributed by atoms with van der Waals surface area (Å²) in [6, 6.07) is 40.3. The molecule has 0 spiro atoms. The molecule has 6 aromatic carbocycles.